The molecule has 0 unspecified atom stereocenters. The van der Waals surface area contributed by atoms with Crippen LogP contribution in [-0.4, -0.2) is 0 Å². The van der Waals surface area contributed by atoms with Crippen molar-refractivity contribution in [3.05, 3.63) is 142 Å². The molecule has 2 nitrogen and oxygen atoms in total. The van der Waals surface area contributed by atoms with Crippen LogP contribution in [0.1, 0.15) is 105 Å². The Bertz CT molecular complexity index is 1660. The van der Waals surface area contributed by atoms with Gasteiger partial charge in [-0.05, 0) is 105 Å². The fraction of sp³-hybridized carbons (Fsp3) is 0.348. The van der Waals surface area contributed by atoms with E-state index in [-0.39, 0.29) is 27.5 Å². The summed E-state index contributed by atoms with van der Waals surface area (Å²) in [6, 6.07) is 37.1. The molecule has 262 valence electrons. The molecule has 0 saturated carbocycles. The van der Waals surface area contributed by atoms with Gasteiger partial charge in [-0.2, -0.15) is 0 Å². The summed E-state index contributed by atoms with van der Waals surface area (Å²) in [5.74, 6) is -0.371. The molecule has 0 aliphatic carbocycles. The number of hydrogen-bond donors (Lipinski definition) is 0. The van der Waals surface area contributed by atoms with E-state index in [9.17, 15) is 0 Å². The highest BCUT2D eigenvalue weighted by Crippen LogP contribution is 2.48. The SMILES string of the molecule is CC(C)(C)c1ccc(N(c2ccc(C(C)(C)C)cc2)c2cc(F)cc(N(c3ccc(C(C)(C)C)cc3)c3ccc(C(C)(C)C)cc3)c2Cl)cc1. The van der Waals surface area contributed by atoms with Crippen LogP contribution in [0, 0.1) is 5.82 Å². The zero-order chi connectivity index (χ0) is 36.8. The predicted molar refractivity (Wildman–Crippen MR) is 216 cm³/mol. The molecule has 0 fully saturated rings. The van der Waals surface area contributed by atoms with Crippen molar-refractivity contribution in [2.24, 2.45) is 0 Å². The van der Waals surface area contributed by atoms with Crippen molar-refractivity contribution in [2.75, 3.05) is 9.80 Å². The molecule has 0 bridgehead atoms. The Morgan fingerprint density at radius 2 is 0.580 bits per heavy atom. The van der Waals surface area contributed by atoms with E-state index in [2.05, 4.69) is 190 Å². The number of anilines is 6. The topological polar surface area (TPSA) is 6.48 Å². The molecule has 0 radical (unpaired) electrons. The molecule has 5 rings (SSSR count). The van der Waals surface area contributed by atoms with Crippen molar-refractivity contribution < 1.29 is 4.39 Å². The van der Waals surface area contributed by atoms with Crippen molar-refractivity contribution in [3.8, 4) is 0 Å². The summed E-state index contributed by atoms with van der Waals surface area (Å²) in [4.78, 5) is 4.13. The third-order valence-electron chi connectivity index (χ3n) is 9.45. The van der Waals surface area contributed by atoms with Gasteiger partial charge in [-0.15, -0.1) is 0 Å². The van der Waals surface area contributed by atoms with Crippen LogP contribution in [0.2, 0.25) is 5.02 Å². The van der Waals surface area contributed by atoms with Gasteiger partial charge in [-0.1, -0.05) is 143 Å². The normalized spacial score (nSPS) is 12.6. The fourth-order valence-corrected chi connectivity index (χ4v) is 6.46. The smallest absolute Gasteiger partial charge is 0.127 e. The average molecular weight is 689 g/mol. The molecule has 50 heavy (non-hydrogen) atoms. The molecule has 0 aliphatic heterocycles. The fourth-order valence-electron chi connectivity index (χ4n) is 6.18. The van der Waals surface area contributed by atoms with Gasteiger partial charge in [-0.25, -0.2) is 4.39 Å². The van der Waals surface area contributed by atoms with Crippen LogP contribution >= 0.6 is 11.6 Å². The first-order valence-corrected chi connectivity index (χ1v) is 18.0. The summed E-state index contributed by atoms with van der Waals surface area (Å²) in [5, 5.41) is 0.450. The summed E-state index contributed by atoms with van der Waals surface area (Å²) in [6.45, 7) is 26.5. The second-order valence-corrected chi connectivity index (χ2v) is 18.0. The van der Waals surface area contributed by atoms with E-state index in [1.807, 2.05) is 0 Å². The number of hydrogen-bond acceptors (Lipinski definition) is 2. The summed E-state index contributed by atoms with van der Waals surface area (Å²) in [6.07, 6.45) is 0. The largest absolute Gasteiger partial charge is 0.309 e. The molecule has 5 aromatic rings. The van der Waals surface area contributed by atoms with E-state index < -0.39 is 0 Å². The van der Waals surface area contributed by atoms with Crippen LogP contribution in [0.25, 0.3) is 0 Å². The standard InChI is InChI=1S/C46H54ClFN2/c1-43(2,3)31-13-21-36(22-14-31)49(37-23-15-32(16-24-37)44(4,5)6)40-29-35(48)30-41(42(40)47)50(38-25-17-33(18-26-38)45(7,8)9)39-27-19-34(20-28-39)46(10,11)12/h13-30H,1-12H3. The Kier molecular flexibility index (Phi) is 10.1. The van der Waals surface area contributed by atoms with Crippen molar-refractivity contribution in [3.63, 3.8) is 0 Å². The summed E-state index contributed by atoms with van der Waals surface area (Å²) in [5.41, 5.74) is 9.58. The average Bonchev–Trinajstić information content (AvgIpc) is 3.03. The molecular weight excluding hydrogens is 635 g/mol. The highest BCUT2D eigenvalue weighted by atomic mass is 35.5. The number of benzene rings is 5. The van der Waals surface area contributed by atoms with Gasteiger partial charge in [0.1, 0.15) is 5.82 Å². The van der Waals surface area contributed by atoms with E-state index >= 15 is 4.39 Å². The predicted octanol–water partition coefficient (Wildman–Crippen LogP) is 14.6. The summed E-state index contributed by atoms with van der Waals surface area (Å²) in [7, 11) is 0. The van der Waals surface area contributed by atoms with Crippen molar-refractivity contribution >= 4 is 45.7 Å². The molecule has 0 N–H and O–H groups in total. The third kappa shape index (κ3) is 8.10. The van der Waals surface area contributed by atoms with Crippen molar-refractivity contribution in [1.82, 2.24) is 0 Å². The Morgan fingerprint density at radius 1 is 0.380 bits per heavy atom. The van der Waals surface area contributed by atoms with Crippen LogP contribution in [0.5, 0.6) is 0 Å². The van der Waals surface area contributed by atoms with Gasteiger partial charge in [0, 0.05) is 22.7 Å². The van der Waals surface area contributed by atoms with E-state index in [1.54, 1.807) is 12.1 Å². The monoisotopic (exact) mass is 688 g/mol. The van der Waals surface area contributed by atoms with Gasteiger partial charge >= 0.3 is 0 Å². The third-order valence-corrected chi connectivity index (χ3v) is 9.83. The maximum Gasteiger partial charge on any atom is 0.127 e. The second kappa shape index (κ2) is 13.6. The molecule has 0 saturated heterocycles. The Labute approximate surface area is 305 Å². The molecular formula is C46H54ClFN2. The quantitative estimate of drug-likeness (QED) is 0.175. The Hall–Kier alpha value is -4.08. The van der Waals surface area contributed by atoms with E-state index in [0.29, 0.717) is 16.4 Å². The zero-order valence-corrected chi connectivity index (χ0v) is 32.8. The van der Waals surface area contributed by atoms with E-state index in [0.717, 1.165) is 22.7 Å². The molecule has 0 amide bonds. The lowest BCUT2D eigenvalue weighted by atomic mass is 9.86. The lowest BCUT2D eigenvalue weighted by Gasteiger charge is -2.32. The van der Waals surface area contributed by atoms with E-state index in [4.69, 9.17) is 11.6 Å². The van der Waals surface area contributed by atoms with Crippen LogP contribution in [0.15, 0.2) is 109 Å². The first-order valence-electron chi connectivity index (χ1n) is 17.7. The minimum atomic E-state index is -0.371. The number of halogens is 2. The molecule has 0 spiro atoms. The molecule has 5 aromatic carbocycles. The van der Waals surface area contributed by atoms with Crippen LogP contribution in [0.3, 0.4) is 0 Å². The first-order chi connectivity index (χ1) is 23.1. The molecule has 0 aliphatic rings. The van der Waals surface area contributed by atoms with Gasteiger partial charge in [0.05, 0.1) is 16.4 Å². The molecule has 0 atom stereocenters. The number of nitrogens with zero attached hydrogens (tertiary/aromatic N) is 2. The second-order valence-electron chi connectivity index (χ2n) is 17.6. The van der Waals surface area contributed by atoms with E-state index in [1.165, 1.54) is 22.3 Å². The highest BCUT2D eigenvalue weighted by molar-refractivity contribution is 6.36. The van der Waals surface area contributed by atoms with Crippen LogP contribution in [-0.2, 0) is 21.7 Å². The minimum Gasteiger partial charge on any atom is -0.309 e. The Morgan fingerprint density at radius 3 is 0.760 bits per heavy atom. The van der Waals surface area contributed by atoms with Gasteiger partial charge in [0.25, 0.3) is 0 Å². The number of rotatable bonds is 6. The van der Waals surface area contributed by atoms with Gasteiger partial charge in [0.2, 0.25) is 0 Å². The summed E-state index contributed by atoms with van der Waals surface area (Å²) >= 11 is 7.54. The van der Waals surface area contributed by atoms with Gasteiger partial charge < -0.3 is 9.80 Å². The lowest BCUT2D eigenvalue weighted by Crippen LogP contribution is -2.17. The Balaban J connectivity index is 1.74. The van der Waals surface area contributed by atoms with Gasteiger partial charge in [-0.3, -0.25) is 0 Å². The van der Waals surface area contributed by atoms with Gasteiger partial charge in [0.15, 0.2) is 0 Å². The van der Waals surface area contributed by atoms with Crippen molar-refractivity contribution in [2.45, 2.75) is 105 Å². The summed E-state index contributed by atoms with van der Waals surface area (Å²) < 4.78 is 16.2. The molecule has 4 heteroatoms. The lowest BCUT2D eigenvalue weighted by molar-refractivity contribution is 0.590. The minimum absolute atomic E-state index is 0.00698. The maximum atomic E-state index is 16.2. The maximum absolute atomic E-state index is 16.2. The first kappa shape index (κ1) is 37.2. The highest BCUT2D eigenvalue weighted by Gasteiger charge is 2.26. The zero-order valence-electron chi connectivity index (χ0n) is 32.0. The molecule has 0 heterocycles. The van der Waals surface area contributed by atoms with Crippen LogP contribution < -0.4 is 9.80 Å². The van der Waals surface area contributed by atoms with Crippen LogP contribution in [0.4, 0.5) is 38.5 Å². The van der Waals surface area contributed by atoms with Crippen molar-refractivity contribution in [1.29, 1.82) is 0 Å². The molecule has 0 aromatic heterocycles.